The van der Waals surface area contributed by atoms with Crippen LogP contribution in [-0.4, -0.2) is 11.2 Å². The predicted molar refractivity (Wildman–Crippen MR) is 43.0 cm³/mol. The third-order valence-electron chi connectivity index (χ3n) is 3.97. The van der Waals surface area contributed by atoms with Gasteiger partial charge in [-0.2, -0.15) is 0 Å². The zero-order valence-electron chi connectivity index (χ0n) is 6.61. The molecule has 0 spiro atoms. The minimum absolute atomic E-state index is 0.0315. The van der Waals surface area contributed by atoms with Gasteiger partial charge in [-0.25, -0.2) is 0 Å². The van der Waals surface area contributed by atoms with Crippen LogP contribution < -0.4 is 0 Å². The minimum Gasteiger partial charge on any atom is -0.393 e. The number of fused-ring (bicyclic) bond motifs is 5. The number of rotatable bonds is 0. The van der Waals surface area contributed by atoms with Crippen LogP contribution in [0.25, 0.3) is 0 Å². The van der Waals surface area contributed by atoms with Gasteiger partial charge in [-0.05, 0) is 42.9 Å². The van der Waals surface area contributed by atoms with Gasteiger partial charge in [0.25, 0.3) is 0 Å². The first kappa shape index (κ1) is 6.24. The highest BCUT2D eigenvalue weighted by Crippen LogP contribution is 2.56. The summed E-state index contributed by atoms with van der Waals surface area (Å²) in [6.45, 7) is 0. The molecule has 0 radical (unpaired) electrons. The van der Waals surface area contributed by atoms with Gasteiger partial charge in [0.05, 0.1) is 6.10 Å². The zero-order chi connectivity index (χ0) is 7.42. The lowest BCUT2D eigenvalue weighted by Crippen LogP contribution is -2.27. The van der Waals surface area contributed by atoms with Crippen molar-refractivity contribution < 1.29 is 5.11 Å². The van der Waals surface area contributed by atoms with Gasteiger partial charge in [-0.3, -0.25) is 0 Å². The second-order valence-corrected chi connectivity index (χ2v) is 4.37. The number of allylic oxidation sites excluding steroid dienone is 2. The lowest BCUT2D eigenvalue weighted by atomic mass is 9.80. The maximum Gasteiger partial charge on any atom is 0.0577 e. The molecule has 3 aliphatic rings. The van der Waals surface area contributed by atoms with Gasteiger partial charge in [0.15, 0.2) is 0 Å². The van der Waals surface area contributed by atoms with Gasteiger partial charge < -0.3 is 5.11 Å². The topological polar surface area (TPSA) is 20.2 Å². The Hall–Kier alpha value is -0.300. The molecule has 1 heteroatoms. The fourth-order valence-electron chi connectivity index (χ4n) is 3.51. The Labute approximate surface area is 67.1 Å². The van der Waals surface area contributed by atoms with E-state index in [1.807, 2.05) is 0 Å². The molecule has 5 atom stereocenters. The molecule has 0 aromatic heterocycles. The smallest absolute Gasteiger partial charge is 0.0577 e. The van der Waals surface area contributed by atoms with Crippen LogP contribution in [-0.2, 0) is 0 Å². The molecule has 60 valence electrons. The first-order valence-electron chi connectivity index (χ1n) is 4.71. The van der Waals surface area contributed by atoms with Gasteiger partial charge in [0.1, 0.15) is 0 Å². The van der Waals surface area contributed by atoms with Gasteiger partial charge >= 0.3 is 0 Å². The molecule has 11 heavy (non-hydrogen) atoms. The number of hydrogen-bond donors (Lipinski definition) is 1. The van der Waals surface area contributed by atoms with Crippen LogP contribution in [0.2, 0.25) is 0 Å². The minimum atomic E-state index is 0.0315. The van der Waals surface area contributed by atoms with Crippen molar-refractivity contribution in [2.45, 2.75) is 25.4 Å². The third kappa shape index (κ3) is 0.652. The van der Waals surface area contributed by atoms with E-state index < -0.39 is 0 Å². The van der Waals surface area contributed by atoms with Crippen LogP contribution in [0.1, 0.15) is 19.3 Å². The summed E-state index contributed by atoms with van der Waals surface area (Å²) in [5.74, 6) is 3.16. The summed E-state index contributed by atoms with van der Waals surface area (Å²) < 4.78 is 0. The lowest BCUT2D eigenvalue weighted by Gasteiger charge is -2.27. The van der Waals surface area contributed by atoms with Crippen LogP contribution in [0.4, 0.5) is 0 Å². The van der Waals surface area contributed by atoms with Gasteiger partial charge in [-0.15, -0.1) is 0 Å². The third-order valence-corrected chi connectivity index (χ3v) is 3.97. The highest BCUT2D eigenvalue weighted by Gasteiger charge is 2.51. The first-order valence-corrected chi connectivity index (χ1v) is 4.71. The average molecular weight is 150 g/mol. The van der Waals surface area contributed by atoms with E-state index in [1.165, 1.54) is 12.8 Å². The average Bonchev–Trinajstić information content (AvgIpc) is 2.52. The molecule has 0 amide bonds. The van der Waals surface area contributed by atoms with Crippen molar-refractivity contribution in [1.29, 1.82) is 0 Å². The molecule has 0 aliphatic heterocycles. The normalized spacial score (nSPS) is 58.8. The summed E-state index contributed by atoms with van der Waals surface area (Å²) in [6.07, 6.45) is 8.38. The first-order chi connectivity index (χ1) is 5.36. The second kappa shape index (κ2) is 1.89. The van der Waals surface area contributed by atoms with Crippen molar-refractivity contribution in [3.8, 4) is 0 Å². The fourth-order valence-corrected chi connectivity index (χ4v) is 3.51. The Bertz CT molecular complexity index is 209. The molecule has 1 N–H and O–H groups in total. The van der Waals surface area contributed by atoms with Crippen molar-refractivity contribution >= 4 is 0 Å². The highest BCUT2D eigenvalue weighted by molar-refractivity contribution is 5.14. The molecule has 2 fully saturated rings. The summed E-state index contributed by atoms with van der Waals surface area (Å²) in [5.41, 5.74) is 0. The van der Waals surface area contributed by atoms with Crippen LogP contribution in [0, 0.1) is 23.7 Å². The van der Waals surface area contributed by atoms with Gasteiger partial charge in [0.2, 0.25) is 0 Å². The molecule has 1 unspecified atom stereocenters. The quantitative estimate of drug-likeness (QED) is 0.520. The molecule has 2 saturated carbocycles. The van der Waals surface area contributed by atoms with E-state index >= 15 is 0 Å². The van der Waals surface area contributed by atoms with E-state index in [9.17, 15) is 5.11 Å². The highest BCUT2D eigenvalue weighted by atomic mass is 16.3. The van der Waals surface area contributed by atoms with Gasteiger partial charge in [0, 0.05) is 0 Å². The maximum absolute atomic E-state index is 9.63. The lowest BCUT2D eigenvalue weighted by molar-refractivity contribution is 0.0746. The van der Waals surface area contributed by atoms with Crippen molar-refractivity contribution in [3.05, 3.63) is 12.2 Å². The van der Waals surface area contributed by atoms with Crippen LogP contribution in [0.15, 0.2) is 12.2 Å². The van der Waals surface area contributed by atoms with E-state index in [-0.39, 0.29) is 6.10 Å². The monoisotopic (exact) mass is 150 g/mol. The Kier molecular flexibility index (Phi) is 1.07. The molecule has 3 aliphatic carbocycles. The van der Waals surface area contributed by atoms with Gasteiger partial charge in [-0.1, -0.05) is 12.2 Å². The van der Waals surface area contributed by atoms with Crippen LogP contribution in [0.3, 0.4) is 0 Å². The Morgan fingerprint density at radius 1 is 1.18 bits per heavy atom. The van der Waals surface area contributed by atoms with Crippen molar-refractivity contribution in [3.63, 3.8) is 0 Å². The predicted octanol–water partition coefficient (Wildman–Crippen LogP) is 1.58. The van der Waals surface area contributed by atoms with E-state index in [0.29, 0.717) is 5.92 Å². The molecule has 3 rings (SSSR count). The van der Waals surface area contributed by atoms with E-state index in [4.69, 9.17) is 0 Å². The summed E-state index contributed by atoms with van der Waals surface area (Å²) >= 11 is 0. The van der Waals surface area contributed by atoms with Crippen molar-refractivity contribution in [2.24, 2.45) is 23.7 Å². The number of aliphatic hydroxyl groups is 1. The summed E-state index contributed by atoms with van der Waals surface area (Å²) in [6, 6.07) is 0. The molecule has 1 nitrogen and oxygen atoms in total. The molecular weight excluding hydrogens is 136 g/mol. The summed E-state index contributed by atoms with van der Waals surface area (Å²) in [4.78, 5) is 0. The SMILES string of the molecule is OC1C[C@@H]2C[C@H]1[C@@H]1C=CC[C@H]21. The second-order valence-electron chi connectivity index (χ2n) is 4.37. The molecule has 0 aromatic rings. The largest absolute Gasteiger partial charge is 0.393 e. The van der Waals surface area contributed by atoms with E-state index in [0.717, 1.165) is 24.2 Å². The summed E-state index contributed by atoms with van der Waals surface area (Å²) in [5, 5.41) is 9.63. The Morgan fingerprint density at radius 2 is 2.09 bits per heavy atom. The number of aliphatic hydroxyl groups excluding tert-OH is 1. The van der Waals surface area contributed by atoms with Crippen molar-refractivity contribution in [1.82, 2.24) is 0 Å². The van der Waals surface area contributed by atoms with Crippen LogP contribution >= 0.6 is 0 Å². The van der Waals surface area contributed by atoms with E-state index in [2.05, 4.69) is 12.2 Å². The standard InChI is InChI=1S/C10H14O/c11-10-5-6-4-9(10)8-3-1-2-7(6)8/h1,3,6-11H,2,4-5H2/t6-,7+,8+,9-,10?/m0/s1. The maximum atomic E-state index is 9.63. The molecule has 0 aromatic carbocycles. The van der Waals surface area contributed by atoms with Crippen LogP contribution in [0.5, 0.6) is 0 Å². The fraction of sp³-hybridized carbons (Fsp3) is 0.800. The summed E-state index contributed by atoms with van der Waals surface area (Å²) in [7, 11) is 0. The Balaban J connectivity index is 1.94. The number of hydrogen-bond acceptors (Lipinski definition) is 1. The molecule has 0 heterocycles. The molecular formula is C10H14O. The zero-order valence-corrected chi connectivity index (χ0v) is 6.61. The van der Waals surface area contributed by atoms with E-state index in [1.54, 1.807) is 0 Å². The molecule has 0 saturated heterocycles. The Morgan fingerprint density at radius 3 is 3.00 bits per heavy atom. The van der Waals surface area contributed by atoms with Crippen molar-refractivity contribution in [2.75, 3.05) is 0 Å². The molecule has 2 bridgehead atoms.